The maximum atomic E-state index is 12.2. The zero-order valence-corrected chi connectivity index (χ0v) is 15.0. The molecule has 0 fully saturated rings. The van der Waals surface area contributed by atoms with E-state index in [1.165, 1.54) is 18.3 Å². The molecule has 1 amide bonds. The number of amides is 1. The number of hydrogen-bond donors (Lipinski definition) is 2. The second kappa shape index (κ2) is 9.48. The van der Waals surface area contributed by atoms with Gasteiger partial charge in [0.05, 0.1) is 12.8 Å². The molecule has 0 spiro atoms. The Morgan fingerprint density at radius 3 is 2.81 bits per heavy atom. The number of nitrogens with one attached hydrogen (secondary N) is 1. The average Bonchev–Trinajstić information content (AvgIpc) is 2.63. The van der Waals surface area contributed by atoms with Crippen molar-refractivity contribution >= 4 is 23.7 Å². The Balaban J connectivity index is 2.11. The fourth-order valence-electron chi connectivity index (χ4n) is 2.04. The van der Waals surface area contributed by atoms with E-state index in [1.54, 1.807) is 30.3 Å². The number of halogens is 1. The first kappa shape index (κ1) is 19.3. The molecule has 0 atom stereocenters. The highest BCUT2D eigenvalue weighted by molar-refractivity contribution is 6.30. The Kier molecular flexibility index (Phi) is 7.05. The molecule has 0 aliphatic rings. The van der Waals surface area contributed by atoms with Crippen LogP contribution in [0, 0.1) is 0 Å². The Hall–Kier alpha value is -2.99. The lowest BCUT2D eigenvalue weighted by Crippen LogP contribution is -2.17. The molecule has 0 heterocycles. The summed E-state index contributed by atoms with van der Waals surface area (Å²) < 4.78 is 11.0. The van der Waals surface area contributed by atoms with Gasteiger partial charge >= 0.3 is 0 Å². The summed E-state index contributed by atoms with van der Waals surface area (Å²) in [4.78, 5) is 12.2. The van der Waals surface area contributed by atoms with Gasteiger partial charge in [-0.25, -0.2) is 5.43 Å². The van der Waals surface area contributed by atoms with E-state index in [2.05, 4.69) is 17.1 Å². The number of nitrogens with zero attached hydrogens (tertiary/aromatic N) is 1. The lowest BCUT2D eigenvalue weighted by atomic mass is 10.2. The van der Waals surface area contributed by atoms with Crippen LogP contribution in [0.3, 0.4) is 0 Å². The molecule has 0 radical (unpaired) electrons. The highest BCUT2D eigenvalue weighted by Gasteiger charge is 2.11. The lowest BCUT2D eigenvalue weighted by Gasteiger charge is -2.12. The molecule has 0 aromatic heterocycles. The van der Waals surface area contributed by atoms with Gasteiger partial charge in [0.25, 0.3) is 5.91 Å². The predicted octanol–water partition coefficient (Wildman–Crippen LogP) is 3.77. The normalized spacial score (nSPS) is 10.5. The van der Waals surface area contributed by atoms with Gasteiger partial charge < -0.3 is 14.6 Å². The Bertz CT molecular complexity index is 821. The van der Waals surface area contributed by atoms with Crippen molar-refractivity contribution in [1.29, 1.82) is 0 Å². The molecule has 2 aromatic rings. The van der Waals surface area contributed by atoms with Crippen LogP contribution >= 0.6 is 11.6 Å². The van der Waals surface area contributed by atoms with E-state index >= 15 is 0 Å². The van der Waals surface area contributed by atoms with Crippen LogP contribution in [0.5, 0.6) is 17.2 Å². The van der Waals surface area contributed by atoms with Crippen LogP contribution < -0.4 is 14.9 Å². The molecular weight excluding hydrogens is 356 g/mol. The van der Waals surface area contributed by atoms with Crippen molar-refractivity contribution in [1.82, 2.24) is 5.43 Å². The summed E-state index contributed by atoms with van der Waals surface area (Å²) in [5, 5.41) is 14.0. The van der Waals surface area contributed by atoms with Crippen LogP contribution in [0.2, 0.25) is 5.02 Å². The topological polar surface area (TPSA) is 80.2 Å². The first-order valence-corrected chi connectivity index (χ1v) is 8.25. The molecule has 0 aliphatic heterocycles. The number of hydrazone groups is 1. The van der Waals surface area contributed by atoms with Gasteiger partial charge in [-0.2, -0.15) is 5.10 Å². The van der Waals surface area contributed by atoms with Gasteiger partial charge in [0.15, 0.2) is 11.5 Å². The van der Waals surface area contributed by atoms with Crippen LogP contribution in [0.4, 0.5) is 0 Å². The Labute approximate surface area is 156 Å². The van der Waals surface area contributed by atoms with Crippen molar-refractivity contribution in [3.8, 4) is 17.2 Å². The zero-order valence-electron chi connectivity index (χ0n) is 14.2. The number of rotatable bonds is 8. The van der Waals surface area contributed by atoms with Crippen LogP contribution in [-0.2, 0) is 0 Å². The molecule has 2 N–H and O–H groups in total. The second-order valence-corrected chi connectivity index (χ2v) is 5.53. The van der Waals surface area contributed by atoms with Crippen molar-refractivity contribution in [3.05, 3.63) is 65.2 Å². The van der Waals surface area contributed by atoms with Gasteiger partial charge in [-0.3, -0.25) is 4.79 Å². The summed E-state index contributed by atoms with van der Waals surface area (Å²) in [6.07, 6.45) is 2.93. The summed E-state index contributed by atoms with van der Waals surface area (Å²) in [6, 6.07) is 9.35. The number of phenolic OH excluding ortho intramolecular Hbond substituents is 1. The van der Waals surface area contributed by atoms with E-state index in [4.69, 9.17) is 21.1 Å². The number of ether oxygens (including phenoxy) is 2. The van der Waals surface area contributed by atoms with Gasteiger partial charge in [-0.05, 0) is 43.3 Å². The van der Waals surface area contributed by atoms with Crippen molar-refractivity contribution < 1.29 is 19.4 Å². The molecule has 2 aromatic carbocycles. The smallest absolute Gasteiger partial charge is 0.271 e. The molecule has 26 heavy (non-hydrogen) atoms. The summed E-state index contributed by atoms with van der Waals surface area (Å²) in [5.41, 5.74) is 3.13. The van der Waals surface area contributed by atoms with Gasteiger partial charge in [0, 0.05) is 16.1 Å². The minimum Gasteiger partial charge on any atom is -0.507 e. The number of aromatic hydroxyl groups is 1. The second-order valence-electron chi connectivity index (χ2n) is 5.10. The maximum absolute atomic E-state index is 12.2. The van der Waals surface area contributed by atoms with Crippen LogP contribution in [-0.4, -0.2) is 30.4 Å². The van der Waals surface area contributed by atoms with Crippen LogP contribution in [0.25, 0.3) is 0 Å². The molecule has 0 aliphatic carbocycles. The molecule has 0 saturated heterocycles. The number of phenols is 1. The van der Waals surface area contributed by atoms with Crippen LogP contribution in [0.15, 0.2) is 54.2 Å². The molecule has 6 nitrogen and oxygen atoms in total. The monoisotopic (exact) mass is 374 g/mol. The van der Waals surface area contributed by atoms with E-state index in [9.17, 15) is 9.90 Å². The SMILES string of the molecule is C=CCOc1ccc(C(=O)N/N=C/c2cc(Cl)ccc2O)cc1OCC. The summed E-state index contributed by atoms with van der Waals surface area (Å²) in [6.45, 7) is 6.20. The first-order valence-electron chi connectivity index (χ1n) is 7.87. The van der Waals surface area contributed by atoms with E-state index in [0.29, 0.717) is 40.9 Å². The third-order valence-electron chi connectivity index (χ3n) is 3.22. The summed E-state index contributed by atoms with van der Waals surface area (Å²) in [7, 11) is 0. The van der Waals surface area contributed by atoms with Gasteiger partial charge in [-0.15, -0.1) is 0 Å². The molecule has 0 bridgehead atoms. The Morgan fingerprint density at radius 2 is 2.08 bits per heavy atom. The standard InChI is InChI=1S/C19H19ClN2O4/c1-3-9-26-17-8-5-13(11-18(17)25-4-2)19(24)22-21-12-14-10-15(20)6-7-16(14)23/h3,5-8,10-12,23H,1,4,9H2,2H3,(H,22,24)/b21-12+. The van der Waals surface area contributed by atoms with Gasteiger partial charge in [-0.1, -0.05) is 24.3 Å². The molecule has 2 rings (SSSR count). The predicted molar refractivity (Wildman–Crippen MR) is 101 cm³/mol. The molecular formula is C19H19ClN2O4. The maximum Gasteiger partial charge on any atom is 0.271 e. The summed E-state index contributed by atoms with van der Waals surface area (Å²) in [5.74, 6) is 0.558. The average molecular weight is 375 g/mol. The van der Waals surface area contributed by atoms with E-state index in [0.717, 1.165) is 0 Å². The number of carbonyl (C=O) groups is 1. The van der Waals surface area contributed by atoms with Crippen molar-refractivity contribution in [3.63, 3.8) is 0 Å². The zero-order chi connectivity index (χ0) is 18.9. The van der Waals surface area contributed by atoms with Gasteiger partial charge in [0.2, 0.25) is 0 Å². The largest absolute Gasteiger partial charge is 0.507 e. The quantitative estimate of drug-likeness (QED) is 0.418. The molecule has 136 valence electrons. The van der Waals surface area contributed by atoms with Crippen molar-refractivity contribution in [2.75, 3.05) is 13.2 Å². The first-order chi connectivity index (χ1) is 12.5. The molecule has 0 unspecified atom stereocenters. The fraction of sp³-hybridized carbons (Fsp3) is 0.158. The van der Waals surface area contributed by atoms with Crippen molar-refractivity contribution in [2.24, 2.45) is 5.10 Å². The third kappa shape index (κ3) is 5.26. The highest BCUT2D eigenvalue weighted by atomic mass is 35.5. The van der Waals surface area contributed by atoms with E-state index in [1.807, 2.05) is 6.92 Å². The van der Waals surface area contributed by atoms with Crippen molar-refractivity contribution in [2.45, 2.75) is 6.92 Å². The fourth-order valence-corrected chi connectivity index (χ4v) is 2.22. The minimum absolute atomic E-state index is 0.00903. The van der Waals surface area contributed by atoms with Crippen LogP contribution in [0.1, 0.15) is 22.8 Å². The number of carbonyl (C=O) groups excluding carboxylic acids is 1. The Morgan fingerprint density at radius 1 is 1.27 bits per heavy atom. The lowest BCUT2D eigenvalue weighted by molar-refractivity contribution is 0.0954. The molecule has 0 saturated carbocycles. The third-order valence-corrected chi connectivity index (χ3v) is 3.46. The van der Waals surface area contributed by atoms with E-state index < -0.39 is 5.91 Å². The highest BCUT2D eigenvalue weighted by Crippen LogP contribution is 2.28. The minimum atomic E-state index is -0.431. The molecule has 7 heteroatoms. The van der Waals surface area contributed by atoms with E-state index in [-0.39, 0.29) is 5.75 Å². The summed E-state index contributed by atoms with van der Waals surface area (Å²) >= 11 is 5.86. The number of benzene rings is 2. The van der Waals surface area contributed by atoms with Gasteiger partial charge in [0.1, 0.15) is 12.4 Å². The number of hydrogen-bond acceptors (Lipinski definition) is 5.